The van der Waals surface area contributed by atoms with Crippen molar-refractivity contribution >= 4 is 22.7 Å². The number of carbonyl (C=O) groups is 2. The Morgan fingerprint density at radius 2 is 1.79 bits per heavy atom. The molecule has 4 heterocycles. The van der Waals surface area contributed by atoms with Crippen LogP contribution in [-0.4, -0.2) is 52.0 Å². The standard InChI is InChI=1S/C26H25N3O4/c30-23-13-28(16-5-1-2-6-16)26(31)20-12-18-17-7-3-4-8-19(17)27-24(18)25(29(20)23)15-9-10-21-22(11-15)33-14-32-21/h3-4,7-11,16,20,25,27H,1-2,5-6,12-14H2/t20-,25+/m0/s1. The maximum atomic E-state index is 13.8. The maximum Gasteiger partial charge on any atom is 0.246 e. The fraction of sp³-hybridized carbons (Fsp3) is 0.385. The first kappa shape index (κ1) is 19.0. The molecular weight excluding hydrogens is 418 g/mol. The van der Waals surface area contributed by atoms with Gasteiger partial charge in [-0.1, -0.05) is 37.1 Å². The van der Waals surface area contributed by atoms with Gasteiger partial charge < -0.3 is 24.3 Å². The van der Waals surface area contributed by atoms with E-state index in [1.807, 2.05) is 40.1 Å². The molecule has 0 radical (unpaired) electrons. The minimum Gasteiger partial charge on any atom is -0.454 e. The number of fused-ring (bicyclic) bond motifs is 5. The summed E-state index contributed by atoms with van der Waals surface area (Å²) in [4.78, 5) is 34.7. The Balaban J connectivity index is 1.39. The second-order valence-electron chi connectivity index (χ2n) is 9.50. The molecular formula is C26H25N3O4. The Kier molecular flexibility index (Phi) is 4.04. The summed E-state index contributed by atoms with van der Waals surface area (Å²) in [7, 11) is 0. The van der Waals surface area contributed by atoms with Crippen LogP contribution < -0.4 is 9.47 Å². The van der Waals surface area contributed by atoms with Gasteiger partial charge in [-0.05, 0) is 42.2 Å². The van der Waals surface area contributed by atoms with Crippen molar-refractivity contribution in [3.05, 3.63) is 59.3 Å². The number of hydrogen-bond donors (Lipinski definition) is 1. The maximum absolute atomic E-state index is 13.8. The van der Waals surface area contributed by atoms with E-state index in [1.165, 1.54) is 0 Å². The predicted octanol–water partition coefficient (Wildman–Crippen LogP) is 3.52. The lowest BCUT2D eigenvalue weighted by Gasteiger charge is -2.48. The monoisotopic (exact) mass is 443 g/mol. The van der Waals surface area contributed by atoms with E-state index in [9.17, 15) is 9.59 Å². The average molecular weight is 444 g/mol. The van der Waals surface area contributed by atoms with Crippen molar-refractivity contribution in [3.63, 3.8) is 0 Å². The first-order chi connectivity index (χ1) is 16.2. The SMILES string of the molecule is O=C1[C@@H]2Cc3c([nH]c4ccccc34)[C@@H](c3ccc4c(c3)OCO4)N2C(=O)CN1C1CCCC1. The highest BCUT2D eigenvalue weighted by atomic mass is 16.7. The molecule has 7 rings (SSSR count). The van der Waals surface area contributed by atoms with Gasteiger partial charge in [0.25, 0.3) is 0 Å². The number of rotatable bonds is 2. The molecule has 1 aliphatic carbocycles. The van der Waals surface area contributed by atoms with Crippen LogP contribution in [0, 0.1) is 0 Å². The molecule has 3 aliphatic heterocycles. The molecule has 1 saturated heterocycles. The molecule has 2 aromatic carbocycles. The van der Waals surface area contributed by atoms with Gasteiger partial charge in [-0.3, -0.25) is 9.59 Å². The van der Waals surface area contributed by atoms with Crippen molar-refractivity contribution in [2.45, 2.75) is 50.2 Å². The van der Waals surface area contributed by atoms with Gasteiger partial charge in [-0.25, -0.2) is 0 Å². The average Bonchev–Trinajstić information content (AvgIpc) is 3.59. The Morgan fingerprint density at radius 3 is 2.67 bits per heavy atom. The van der Waals surface area contributed by atoms with Crippen LogP contribution in [0.3, 0.4) is 0 Å². The summed E-state index contributed by atoms with van der Waals surface area (Å²) >= 11 is 0. The van der Waals surface area contributed by atoms with Gasteiger partial charge in [0.1, 0.15) is 12.6 Å². The van der Waals surface area contributed by atoms with Gasteiger partial charge in [0.15, 0.2) is 11.5 Å². The van der Waals surface area contributed by atoms with Gasteiger partial charge >= 0.3 is 0 Å². The molecule has 2 fully saturated rings. The van der Waals surface area contributed by atoms with Gasteiger partial charge in [0.2, 0.25) is 18.6 Å². The van der Waals surface area contributed by atoms with Crippen molar-refractivity contribution in [2.24, 2.45) is 0 Å². The van der Waals surface area contributed by atoms with Crippen LogP contribution in [0.25, 0.3) is 10.9 Å². The van der Waals surface area contributed by atoms with Crippen LogP contribution in [-0.2, 0) is 16.0 Å². The molecule has 0 bridgehead atoms. The third-order valence-corrected chi connectivity index (χ3v) is 7.77. The molecule has 2 amide bonds. The summed E-state index contributed by atoms with van der Waals surface area (Å²) in [6, 6.07) is 13.3. The Morgan fingerprint density at radius 1 is 0.970 bits per heavy atom. The third-order valence-electron chi connectivity index (χ3n) is 7.77. The van der Waals surface area contributed by atoms with E-state index in [4.69, 9.17) is 9.47 Å². The smallest absolute Gasteiger partial charge is 0.246 e. The minimum atomic E-state index is -0.492. The highest BCUT2D eigenvalue weighted by Gasteiger charge is 2.49. The van der Waals surface area contributed by atoms with E-state index < -0.39 is 6.04 Å². The van der Waals surface area contributed by atoms with Crippen molar-refractivity contribution in [1.82, 2.24) is 14.8 Å². The van der Waals surface area contributed by atoms with E-state index >= 15 is 0 Å². The highest BCUT2D eigenvalue weighted by Crippen LogP contribution is 2.45. The van der Waals surface area contributed by atoms with Crippen LogP contribution >= 0.6 is 0 Å². The number of nitrogens with zero attached hydrogens (tertiary/aromatic N) is 2. The fourth-order valence-corrected chi connectivity index (χ4v) is 6.24. The van der Waals surface area contributed by atoms with Crippen molar-refractivity contribution < 1.29 is 19.1 Å². The number of aromatic nitrogens is 1. The lowest BCUT2D eigenvalue weighted by molar-refractivity contribution is -0.160. The summed E-state index contributed by atoms with van der Waals surface area (Å²) in [5.74, 6) is 1.48. The molecule has 1 saturated carbocycles. The summed E-state index contributed by atoms with van der Waals surface area (Å²) in [6.07, 6.45) is 4.78. The van der Waals surface area contributed by atoms with E-state index in [2.05, 4.69) is 17.1 Å². The van der Waals surface area contributed by atoms with E-state index in [1.54, 1.807) is 0 Å². The molecule has 33 heavy (non-hydrogen) atoms. The number of hydrogen-bond acceptors (Lipinski definition) is 4. The normalized spacial score (nSPS) is 24.5. The lowest BCUT2D eigenvalue weighted by atomic mass is 9.85. The van der Waals surface area contributed by atoms with E-state index in [0.29, 0.717) is 17.9 Å². The van der Waals surface area contributed by atoms with E-state index in [-0.39, 0.29) is 37.2 Å². The number of carbonyl (C=O) groups excluding carboxylic acids is 2. The van der Waals surface area contributed by atoms with Crippen LogP contribution in [0.1, 0.15) is 48.5 Å². The molecule has 168 valence electrons. The molecule has 1 N–H and O–H groups in total. The van der Waals surface area contributed by atoms with Crippen molar-refractivity contribution in [1.29, 1.82) is 0 Å². The van der Waals surface area contributed by atoms with Crippen LogP contribution in [0.2, 0.25) is 0 Å². The molecule has 1 aromatic heterocycles. The molecule has 0 spiro atoms. The molecule has 3 aromatic rings. The van der Waals surface area contributed by atoms with Crippen LogP contribution in [0.4, 0.5) is 0 Å². The number of nitrogens with one attached hydrogen (secondary N) is 1. The summed E-state index contributed by atoms with van der Waals surface area (Å²) in [6.45, 7) is 0.359. The Bertz CT molecular complexity index is 1290. The topological polar surface area (TPSA) is 74.9 Å². The zero-order valence-corrected chi connectivity index (χ0v) is 18.3. The van der Waals surface area contributed by atoms with Crippen molar-refractivity contribution in [3.8, 4) is 11.5 Å². The van der Waals surface area contributed by atoms with E-state index in [0.717, 1.165) is 53.4 Å². The Labute approximate surface area is 191 Å². The number of ether oxygens (including phenoxy) is 2. The quantitative estimate of drug-likeness (QED) is 0.658. The third kappa shape index (κ3) is 2.74. The number of aromatic amines is 1. The largest absolute Gasteiger partial charge is 0.454 e. The lowest BCUT2D eigenvalue weighted by Crippen LogP contribution is -2.64. The summed E-state index contributed by atoms with van der Waals surface area (Å²) in [5.41, 5.74) is 4.07. The second kappa shape index (κ2) is 7.01. The molecule has 4 aliphatic rings. The number of amides is 2. The molecule has 7 heteroatoms. The van der Waals surface area contributed by atoms with Gasteiger partial charge in [-0.2, -0.15) is 0 Å². The molecule has 0 unspecified atom stereocenters. The van der Waals surface area contributed by atoms with Gasteiger partial charge in [0.05, 0.1) is 6.04 Å². The first-order valence-electron chi connectivity index (χ1n) is 11.8. The molecule has 7 nitrogen and oxygen atoms in total. The van der Waals surface area contributed by atoms with Gasteiger partial charge in [0, 0.05) is 29.1 Å². The van der Waals surface area contributed by atoms with Gasteiger partial charge in [-0.15, -0.1) is 0 Å². The number of H-pyrrole nitrogens is 1. The second-order valence-corrected chi connectivity index (χ2v) is 9.50. The number of para-hydroxylation sites is 1. The van der Waals surface area contributed by atoms with Crippen molar-refractivity contribution in [2.75, 3.05) is 13.3 Å². The predicted molar refractivity (Wildman–Crippen MR) is 121 cm³/mol. The fourth-order valence-electron chi connectivity index (χ4n) is 6.24. The van der Waals surface area contributed by atoms with Crippen LogP contribution in [0.15, 0.2) is 42.5 Å². The number of piperazine rings is 1. The summed E-state index contributed by atoms with van der Waals surface area (Å²) in [5, 5.41) is 1.12. The number of benzene rings is 2. The van der Waals surface area contributed by atoms with Crippen LogP contribution in [0.5, 0.6) is 11.5 Å². The zero-order chi connectivity index (χ0) is 22.1. The minimum absolute atomic E-state index is 0.0125. The highest BCUT2D eigenvalue weighted by molar-refractivity contribution is 5.98. The zero-order valence-electron chi connectivity index (χ0n) is 18.3. The summed E-state index contributed by atoms with van der Waals surface area (Å²) < 4.78 is 11.1. The Hall–Kier alpha value is -3.48. The molecule has 2 atom stereocenters. The first-order valence-corrected chi connectivity index (χ1v) is 11.8.